The van der Waals surface area contributed by atoms with Crippen molar-refractivity contribution in [3.8, 4) is 23.0 Å². The minimum absolute atomic E-state index is 0.154. The number of rotatable bonds is 7. The number of carbonyl (C=O) groups is 2. The standard InChI is InChI=1S/C29H23FN4O4/c1-2-11-33(16-31)28(36)24-15-34(27-21(26(24)35)7-4-10-32-27)19-6-3-5-17(12-19)18-8-9-20(25(30)13-18)22-14-23(22)29(37)38/h3-10,12-13,15,22-23H,2,11,14H2,1H3,(H,37,38)/t22-,23+/m0/s1. The molecule has 1 fully saturated rings. The molecule has 2 heterocycles. The lowest BCUT2D eigenvalue weighted by Gasteiger charge is -2.16. The molecular weight excluding hydrogens is 487 g/mol. The Kier molecular flexibility index (Phi) is 6.47. The largest absolute Gasteiger partial charge is 0.481 e. The molecule has 190 valence electrons. The Hall–Kier alpha value is -4.84. The average Bonchev–Trinajstić information content (AvgIpc) is 3.73. The van der Waals surface area contributed by atoms with Crippen molar-refractivity contribution in [3.63, 3.8) is 0 Å². The number of nitrogens with zero attached hydrogens (tertiary/aromatic N) is 4. The Bertz CT molecular complexity index is 1690. The zero-order valence-corrected chi connectivity index (χ0v) is 20.5. The number of hydrogen-bond donors (Lipinski definition) is 1. The van der Waals surface area contributed by atoms with E-state index in [1.165, 1.54) is 12.3 Å². The van der Waals surface area contributed by atoms with E-state index in [0.29, 0.717) is 40.9 Å². The first-order chi connectivity index (χ1) is 18.3. The number of benzene rings is 2. The van der Waals surface area contributed by atoms with Crippen molar-refractivity contribution < 1.29 is 19.1 Å². The maximum Gasteiger partial charge on any atom is 0.307 e. The monoisotopic (exact) mass is 510 g/mol. The minimum Gasteiger partial charge on any atom is -0.481 e. The quantitative estimate of drug-likeness (QED) is 0.284. The smallest absolute Gasteiger partial charge is 0.307 e. The van der Waals surface area contributed by atoms with Gasteiger partial charge in [0.25, 0.3) is 5.91 Å². The summed E-state index contributed by atoms with van der Waals surface area (Å²) in [5.41, 5.74) is 1.91. The van der Waals surface area contributed by atoms with Crippen LogP contribution < -0.4 is 5.43 Å². The van der Waals surface area contributed by atoms with E-state index in [0.717, 1.165) is 4.90 Å². The molecule has 2 aromatic heterocycles. The van der Waals surface area contributed by atoms with Gasteiger partial charge in [-0.25, -0.2) is 14.3 Å². The van der Waals surface area contributed by atoms with E-state index in [1.807, 2.05) is 13.1 Å². The topological polar surface area (TPSA) is 116 Å². The molecule has 0 radical (unpaired) electrons. The summed E-state index contributed by atoms with van der Waals surface area (Å²) in [6, 6.07) is 15.1. The van der Waals surface area contributed by atoms with Gasteiger partial charge in [-0.15, -0.1) is 0 Å². The first kappa shape index (κ1) is 24.8. The van der Waals surface area contributed by atoms with Crippen LogP contribution in [-0.4, -0.2) is 38.0 Å². The van der Waals surface area contributed by atoms with Gasteiger partial charge < -0.3 is 9.67 Å². The zero-order valence-electron chi connectivity index (χ0n) is 20.5. The van der Waals surface area contributed by atoms with Crippen LogP contribution in [0.3, 0.4) is 0 Å². The van der Waals surface area contributed by atoms with Crippen molar-refractivity contribution in [2.24, 2.45) is 5.92 Å². The lowest BCUT2D eigenvalue weighted by atomic mass is 10.0. The van der Waals surface area contributed by atoms with Crippen molar-refractivity contribution in [1.82, 2.24) is 14.5 Å². The number of pyridine rings is 2. The predicted molar refractivity (Wildman–Crippen MR) is 138 cm³/mol. The molecule has 1 aliphatic rings. The molecule has 2 aromatic carbocycles. The van der Waals surface area contributed by atoms with Gasteiger partial charge in [0.1, 0.15) is 17.0 Å². The Morgan fingerprint density at radius 3 is 2.66 bits per heavy atom. The van der Waals surface area contributed by atoms with Crippen LogP contribution in [0.1, 0.15) is 41.6 Å². The number of hydrogen-bond acceptors (Lipinski definition) is 5. The zero-order chi connectivity index (χ0) is 27.0. The minimum atomic E-state index is -0.918. The summed E-state index contributed by atoms with van der Waals surface area (Å²) in [5, 5.41) is 18.8. The van der Waals surface area contributed by atoms with E-state index in [-0.39, 0.29) is 23.4 Å². The molecule has 0 saturated heterocycles. The molecule has 9 heteroatoms. The highest BCUT2D eigenvalue weighted by Gasteiger charge is 2.45. The molecule has 0 unspecified atom stereocenters. The fourth-order valence-electron chi connectivity index (χ4n) is 4.73. The Balaban J connectivity index is 1.58. The van der Waals surface area contributed by atoms with Crippen LogP contribution in [0.15, 0.2) is 71.8 Å². The summed E-state index contributed by atoms with van der Waals surface area (Å²) in [6.45, 7) is 2.02. The molecule has 1 amide bonds. The van der Waals surface area contributed by atoms with E-state index in [2.05, 4.69) is 4.98 Å². The fourth-order valence-corrected chi connectivity index (χ4v) is 4.73. The van der Waals surface area contributed by atoms with Gasteiger partial charge in [-0.2, -0.15) is 5.26 Å². The van der Waals surface area contributed by atoms with E-state index in [9.17, 15) is 29.1 Å². The van der Waals surface area contributed by atoms with Gasteiger partial charge in [-0.3, -0.25) is 14.4 Å². The van der Waals surface area contributed by atoms with E-state index in [4.69, 9.17) is 0 Å². The highest BCUT2D eigenvalue weighted by molar-refractivity contribution is 5.98. The molecule has 0 bridgehead atoms. The molecule has 5 rings (SSSR count). The summed E-state index contributed by atoms with van der Waals surface area (Å²) in [4.78, 5) is 42.8. The summed E-state index contributed by atoms with van der Waals surface area (Å²) < 4.78 is 16.6. The second kappa shape index (κ2) is 9.90. The number of carboxylic acids is 1. The maximum atomic E-state index is 14.9. The molecular formula is C29H23FN4O4. The lowest BCUT2D eigenvalue weighted by molar-refractivity contribution is -0.138. The van der Waals surface area contributed by atoms with Crippen LogP contribution in [-0.2, 0) is 4.79 Å². The highest BCUT2D eigenvalue weighted by atomic mass is 19.1. The van der Waals surface area contributed by atoms with Gasteiger partial charge >= 0.3 is 5.97 Å². The van der Waals surface area contributed by atoms with Crippen molar-refractivity contribution in [2.45, 2.75) is 25.7 Å². The van der Waals surface area contributed by atoms with Gasteiger partial charge in [0, 0.05) is 30.5 Å². The highest BCUT2D eigenvalue weighted by Crippen LogP contribution is 2.48. The third-order valence-corrected chi connectivity index (χ3v) is 6.77. The molecule has 1 aliphatic carbocycles. The van der Waals surface area contributed by atoms with Crippen molar-refractivity contribution in [2.75, 3.05) is 6.54 Å². The number of fused-ring (bicyclic) bond motifs is 1. The number of amides is 1. The summed E-state index contributed by atoms with van der Waals surface area (Å²) in [7, 11) is 0. The number of nitriles is 1. The van der Waals surface area contributed by atoms with Crippen LogP contribution in [0.4, 0.5) is 4.39 Å². The predicted octanol–water partition coefficient (Wildman–Crippen LogP) is 4.71. The van der Waals surface area contributed by atoms with Gasteiger partial charge in [0.2, 0.25) is 5.43 Å². The van der Waals surface area contributed by atoms with Crippen LogP contribution >= 0.6 is 0 Å². The summed E-state index contributed by atoms with van der Waals surface area (Å²) in [5.74, 6) is -2.93. The fraction of sp³-hybridized carbons (Fsp3) is 0.207. The second-order valence-electron chi connectivity index (χ2n) is 9.25. The molecule has 0 spiro atoms. The lowest BCUT2D eigenvalue weighted by Crippen LogP contribution is -2.32. The SMILES string of the molecule is CCCN(C#N)C(=O)c1cn(-c2cccc(-c3ccc([C@@H]4C[C@H]4C(=O)O)c(F)c3)c2)c2ncccc2c1=O. The second-order valence-corrected chi connectivity index (χ2v) is 9.25. The molecule has 4 aromatic rings. The van der Waals surface area contributed by atoms with Crippen molar-refractivity contribution in [1.29, 1.82) is 5.26 Å². The first-order valence-corrected chi connectivity index (χ1v) is 12.2. The first-order valence-electron chi connectivity index (χ1n) is 12.2. The van der Waals surface area contributed by atoms with E-state index < -0.39 is 29.0 Å². The molecule has 0 aliphatic heterocycles. The number of aliphatic carboxylic acids is 1. The van der Waals surface area contributed by atoms with Crippen LogP contribution in [0.25, 0.3) is 27.8 Å². The summed E-state index contributed by atoms with van der Waals surface area (Å²) >= 11 is 0. The third kappa shape index (κ3) is 4.41. The molecule has 1 saturated carbocycles. The number of aromatic nitrogens is 2. The Labute approximate surface area is 217 Å². The van der Waals surface area contributed by atoms with Crippen LogP contribution in [0.5, 0.6) is 0 Å². The molecule has 38 heavy (non-hydrogen) atoms. The Morgan fingerprint density at radius 1 is 1.18 bits per heavy atom. The molecule has 8 nitrogen and oxygen atoms in total. The van der Waals surface area contributed by atoms with Gasteiger partial charge in [0.15, 0.2) is 6.19 Å². The average molecular weight is 511 g/mol. The van der Waals surface area contributed by atoms with Crippen LogP contribution in [0.2, 0.25) is 0 Å². The van der Waals surface area contributed by atoms with E-state index >= 15 is 0 Å². The van der Waals surface area contributed by atoms with E-state index in [1.54, 1.807) is 59.3 Å². The molecule has 1 N–H and O–H groups in total. The maximum absolute atomic E-state index is 14.9. The van der Waals surface area contributed by atoms with Gasteiger partial charge in [0.05, 0.1) is 11.3 Å². The normalized spacial score (nSPS) is 16.1. The van der Waals surface area contributed by atoms with Crippen molar-refractivity contribution >= 4 is 22.9 Å². The number of carboxylic acid groups (broad SMARTS) is 1. The van der Waals surface area contributed by atoms with Crippen LogP contribution in [0, 0.1) is 23.2 Å². The number of halogens is 1. The number of carbonyl (C=O) groups excluding carboxylic acids is 1. The van der Waals surface area contributed by atoms with Gasteiger partial charge in [-0.05, 0) is 59.9 Å². The third-order valence-electron chi connectivity index (χ3n) is 6.77. The Morgan fingerprint density at radius 2 is 1.97 bits per heavy atom. The molecule has 2 atom stereocenters. The van der Waals surface area contributed by atoms with Crippen molar-refractivity contribution in [3.05, 3.63) is 94.2 Å². The summed E-state index contributed by atoms with van der Waals surface area (Å²) in [6.07, 6.45) is 5.76. The van der Waals surface area contributed by atoms with Gasteiger partial charge in [-0.1, -0.05) is 31.2 Å².